The van der Waals surface area contributed by atoms with E-state index in [0.29, 0.717) is 16.2 Å². The van der Waals surface area contributed by atoms with Crippen molar-refractivity contribution in [3.63, 3.8) is 0 Å². The Morgan fingerprint density at radius 1 is 1.30 bits per heavy atom. The van der Waals surface area contributed by atoms with Gasteiger partial charge in [0, 0.05) is 11.8 Å². The molecule has 0 fully saturated rings. The summed E-state index contributed by atoms with van der Waals surface area (Å²) in [5, 5.41) is 19.9. The van der Waals surface area contributed by atoms with Crippen molar-refractivity contribution < 1.29 is 4.92 Å². The van der Waals surface area contributed by atoms with Crippen LogP contribution in [-0.4, -0.2) is 4.92 Å². The van der Waals surface area contributed by atoms with Crippen LogP contribution < -0.4 is 0 Å². The van der Waals surface area contributed by atoms with Crippen LogP contribution in [0.1, 0.15) is 16.7 Å². The van der Waals surface area contributed by atoms with Gasteiger partial charge in [-0.3, -0.25) is 10.1 Å². The summed E-state index contributed by atoms with van der Waals surface area (Å²) in [5.41, 5.74) is 2.76. The van der Waals surface area contributed by atoms with Crippen LogP contribution >= 0.6 is 11.8 Å². The summed E-state index contributed by atoms with van der Waals surface area (Å²) in [7, 11) is 0. The third kappa shape index (κ3) is 3.16. The molecule has 0 saturated carbocycles. The highest BCUT2D eigenvalue weighted by Crippen LogP contribution is 2.32. The van der Waals surface area contributed by atoms with Gasteiger partial charge in [0.2, 0.25) is 0 Å². The lowest BCUT2D eigenvalue weighted by Gasteiger charge is -2.06. The van der Waals surface area contributed by atoms with Crippen LogP contribution in [0.2, 0.25) is 0 Å². The van der Waals surface area contributed by atoms with Crippen LogP contribution in [0.5, 0.6) is 0 Å². The molecule has 100 valence electrons. The van der Waals surface area contributed by atoms with Crippen molar-refractivity contribution in [1.82, 2.24) is 0 Å². The minimum atomic E-state index is -0.415. The van der Waals surface area contributed by atoms with Gasteiger partial charge in [-0.25, -0.2) is 0 Å². The Balaban J connectivity index is 2.26. The molecule has 4 nitrogen and oxygen atoms in total. The first-order valence-corrected chi connectivity index (χ1v) is 6.96. The number of thioether (sulfide) groups is 1. The average Bonchev–Trinajstić information content (AvgIpc) is 2.46. The topological polar surface area (TPSA) is 66.9 Å². The first-order valence-electron chi connectivity index (χ1n) is 5.97. The molecular weight excluding hydrogens is 272 g/mol. The molecule has 0 saturated heterocycles. The Morgan fingerprint density at radius 2 is 2.05 bits per heavy atom. The smallest absolute Gasteiger partial charge is 0.258 e. The van der Waals surface area contributed by atoms with Gasteiger partial charge in [-0.15, -0.1) is 11.8 Å². The predicted molar refractivity (Wildman–Crippen MR) is 78.6 cm³/mol. The van der Waals surface area contributed by atoms with Gasteiger partial charge in [0.1, 0.15) is 0 Å². The quantitative estimate of drug-likeness (QED) is 0.482. The van der Waals surface area contributed by atoms with Crippen molar-refractivity contribution >= 4 is 17.4 Å². The molecule has 0 aliphatic carbocycles. The Morgan fingerprint density at radius 3 is 2.70 bits per heavy atom. The van der Waals surface area contributed by atoms with Gasteiger partial charge in [0.15, 0.2) is 0 Å². The highest BCUT2D eigenvalue weighted by atomic mass is 32.2. The van der Waals surface area contributed by atoms with E-state index in [-0.39, 0.29) is 5.69 Å². The molecule has 2 aromatic carbocycles. The molecule has 0 aromatic heterocycles. The van der Waals surface area contributed by atoms with Gasteiger partial charge < -0.3 is 0 Å². The fraction of sp³-hybridized carbons (Fsp3) is 0.133. The summed E-state index contributed by atoms with van der Waals surface area (Å²) in [6, 6.07) is 14.4. The van der Waals surface area contributed by atoms with Gasteiger partial charge in [0.25, 0.3) is 5.69 Å². The molecule has 2 aromatic rings. The number of benzene rings is 2. The number of rotatable bonds is 4. The Bertz CT molecular complexity index is 693. The predicted octanol–water partition coefficient (Wildman–Crippen LogP) is 4.07. The van der Waals surface area contributed by atoms with Gasteiger partial charge in [-0.2, -0.15) is 5.26 Å². The zero-order valence-corrected chi connectivity index (χ0v) is 11.7. The van der Waals surface area contributed by atoms with Gasteiger partial charge in [-0.1, -0.05) is 24.3 Å². The standard InChI is InChI=1S/C15H12N2O2S/c1-11-4-2-3-5-13(11)10-20-15-8-12(9-16)6-7-14(15)17(18)19/h2-8H,10H2,1H3. The lowest BCUT2D eigenvalue weighted by molar-refractivity contribution is -0.387. The summed E-state index contributed by atoms with van der Waals surface area (Å²) in [4.78, 5) is 11.1. The maximum atomic E-state index is 11.0. The van der Waals surface area contributed by atoms with Crippen molar-refractivity contribution in [3.8, 4) is 6.07 Å². The van der Waals surface area contributed by atoms with Crippen molar-refractivity contribution in [1.29, 1.82) is 5.26 Å². The van der Waals surface area contributed by atoms with E-state index < -0.39 is 4.92 Å². The van der Waals surface area contributed by atoms with Crippen molar-refractivity contribution in [2.45, 2.75) is 17.6 Å². The lowest BCUT2D eigenvalue weighted by atomic mass is 10.1. The molecule has 0 heterocycles. The van der Waals surface area contributed by atoms with E-state index >= 15 is 0 Å². The number of nitriles is 1. The van der Waals surface area contributed by atoms with Crippen molar-refractivity contribution in [2.75, 3.05) is 0 Å². The maximum Gasteiger partial charge on any atom is 0.282 e. The molecule has 0 aliphatic heterocycles. The molecule has 0 atom stereocenters. The average molecular weight is 284 g/mol. The first-order chi connectivity index (χ1) is 9.61. The van der Waals surface area contributed by atoms with E-state index in [1.807, 2.05) is 37.3 Å². The highest BCUT2D eigenvalue weighted by Gasteiger charge is 2.15. The number of nitro groups is 1. The minimum absolute atomic E-state index is 0.0441. The Hall–Kier alpha value is -2.32. The van der Waals surface area contributed by atoms with E-state index in [9.17, 15) is 10.1 Å². The molecule has 0 bridgehead atoms. The third-order valence-corrected chi connectivity index (χ3v) is 4.02. The van der Waals surface area contributed by atoms with Crippen molar-refractivity contribution in [3.05, 3.63) is 69.3 Å². The van der Waals surface area contributed by atoms with E-state index in [4.69, 9.17) is 5.26 Å². The van der Waals surface area contributed by atoms with Crippen LogP contribution in [0, 0.1) is 28.4 Å². The molecular formula is C15H12N2O2S. The number of nitrogens with zero attached hydrogens (tertiary/aromatic N) is 2. The summed E-state index contributed by atoms with van der Waals surface area (Å²) in [6.07, 6.45) is 0. The maximum absolute atomic E-state index is 11.0. The second-order valence-corrected chi connectivity index (χ2v) is 5.28. The molecule has 0 radical (unpaired) electrons. The van der Waals surface area contributed by atoms with Crippen LogP contribution in [-0.2, 0) is 5.75 Å². The van der Waals surface area contributed by atoms with E-state index in [1.54, 1.807) is 6.07 Å². The molecule has 5 heteroatoms. The number of aryl methyl sites for hydroxylation is 1. The summed E-state index contributed by atoms with van der Waals surface area (Å²) in [5.74, 6) is 0.641. The summed E-state index contributed by atoms with van der Waals surface area (Å²) < 4.78 is 0. The fourth-order valence-electron chi connectivity index (χ4n) is 1.78. The molecule has 0 amide bonds. The summed E-state index contributed by atoms with van der Waals surface area (Å²) in [6.45, 7) is 2.01. The van der Waals surface area contributed by atoms with Gasteiger partial charge >= 0.3 is 0 Å². The highest BCUT2D eigenvalue weighted by molar-refractivity contribution is 7.98. The zero-order chi connectivity index (χ0) is 14.5. The third-order valence-electron chi connectivity index (χ3n) is 2.93. The lowest BCUT2D eigenvalue weighted by Crippen LogP contribution is -1.93. The Labute approximate surface area is 121 Å². The molecule has 0 aliphatic rings. The molecule has 20 heavy (non-hydrogen) atoms. The second-order valence-electron chi connectivity index (χ2n) is 4.27. The van der Waals surface area contributed by atoms with Crippen LogP contribution in [0.15, 0.2) is 47.4 Å². The monoisotopic (exact) mass is 284 g/mol. The molecule has 2 rings (SSSR count). The fourth-order valence-corrected chi connectivity index (χ4v) is 2.91. The SMILES string of the molecule is Cc1ccccc1CSc1cc(C#N)ccc1[N+](=O)[O-]. The van der Waals surface area contributed by atoms with Crippen LogP contribution in [0.25, 0.3) is 0 Å². The van der Waals surface area contributed by atoms with E-state index in [2.05, 4.69) is 0 Å². The summed E-state index contributed by atoms with van der Waals surface area (Å²) >= 11 is 1.38. The number of nitro benzene ring substituents is 1. The number of hydrogen-bond donors (Lipinski definition) is 0. The number of hydrogen-bond acceptors (Lipinski definition) is 4. The largest absolute Gasteiger partial charge is 0.282 e. The normalized spacial score (nSPS) is 10.0. The molecule has 0 unspecified atom stereocenters. The van der Waals surface area contributed by atoms with Crippen LogP contribution in [0.4, 0.5) is 5.69 Å². The minimum Gasteiger partial charge on any atom is -0.258 e. The zero-order valence-electron chi connectivity index (χ0n) is 10.9. The molecule has 0 spiro atoms. The van der Waals surface area contributed by atoms with E-state index in [0.717, 1.165) is 11.1 Å². The van der Waals surface area contributed by atoms with Gasteiger partial charge in [0.05, 0.1) is 21.5 Å². The van der Waals surface area contributed by atoms with Crippen LogP contribution in [0.3, 0.4) is 0 Å². The molecule has 0 N–H and O–H groups in total. The van der Waals surface area contributed by atoms with Gasteiger partial charge in [-0.05, 0) is 30.2 Å². The van der Waals surface area contributed by atoms with E-state index in [1.165, 1.54) is 23.9 Å². The van der Waals surface area contributed by atoms with Crippen molar-refractivity contribution in [2.24, 2.45) is 0 Å². The Kier molecular flexibility index (Phi) is 4.38. The first kappa shape index (κ1) is 14.1. The second kappa shape index (κ2) is 6.22.